The third-order valence-electron chi connectivity index (χ3n) is 6.66. The monoisotopic (exact) mass is 543 g/mol. The number of aryl methyl sites for hydroxylation is 2. The highest BCUT2D eigenvalue weighted by Gasteiger charge is 2.30. The van der Waals surface area contributed by atoms with Crippen LogP contribution in [0.2, 0.25) is 0 Å². The molecular formula is C31H34FN5O3. The maximum absolute atomic E-state index is 13.7. The lowest BCUT2D eigenvalue weighted by Crippen LogP contribution is -2.42. The lowest BCUT2D eigenvalue weighted by atomic mass is 10.0. The first kappa shape index (κ1) is 27.3. The number of piperidine rings is 1. The van der Waals surface area contributed by atoms with Crippen molar-refractivity contribution in [3.8, 4) is 34.3 Å². The van der Waals surface area contributed by atoms with Gasteiger partial charge in [-0.05, 0) is 101 Å². The Bertz CT molecular complexity index is 1480. The van der Waals surface area contributed by atoms with Crippen LogP contribution >= 0.6 is 0 Å². The van der Waals surface area contributed by atoms with E-state index >= 15 is 0 Å². The standard InChI is InChI=1S/C31H34FN5O3/c1-20-17-21(2)19-25(18-20)39-27-8-6-7-26(33-27)29-28(22-9-11-23(32)12-10-22)34-35-37(29)24-13-15-36(16-14-24)30(38)40-31(3,4)5/h6-12,17-19,24H,13-16H2,1-5H3. The molecule has 0 saturated carbocycles. The molecule has 0 N–H and O–H groups in total. The number of ether oxygens (including phenoxy) is 2. The number of rotatable bonds is 5. The summed E-state index contributed by atoms with van der Waals surface area (Å²) in [5.74, 6) is 0.830. The quantitative estimate of drug-likeness (QED) is 0.266. The number of aromatic nitrogens is 4. The summed E-state index contributed by atoms with van der Waals surface area (Å²) in [5, 5.41) is 9.05. The van der Waals surface area contributed by atoms with E-state index in [1.54, 1.807) is 17.0 Å². The number of pyridine rings is 1. The van der Waals surface area contributed by atoms with E-state index < -0.39 is 5.60 Å². The van der Waals surface area contributed by atoms with E-state index in [0.717, 1.165) is 16.7 Å². The highest BCUT2D eigenvalue weighted by Crippen LogP contribution is 2.35. The number of benzene rings is 2. The predicted octanol–water partition coefficient (Wildman–Crippen LogP) is 7.13. The van der Waals surface area contributed by atoms with E-state index in [2.05, 4.69) is 16.4 Å². The Hall–Kier alpha value is -4.27. The average Bonchev–Trinajstić information content (AvgIpc) is 3.33. The SMILES string of the molecule is Cc1cc(C)cc(Oc2cccc(-c3c(-c4ccc(F)cc4)nnn3C3CCN(C(=O)OC(C)(C)C)CC3)n2)c1. The van der Waals surface area contributed by atoms with Crippen LogP contribution in [0.15, 0.2) is 60.7 Å². The van der Waals surface area contributed by atoms with E-state index in [4.69, 9.17) is 14.5 Å². The Morgan fingerprint density at radius 3 is 2.30 bits per heavy atom. The van der Waals surface area contributed by atoms with Gasteiger partial charge in [0.25, 0.3) is 0 Å². The second-order valence-electron chi connectivity index (χ2n) is 11.2. The second-order valence-corrected chi connectivity index (χ2v) is 11.2. The van der Waals surface area contributed by atoms with Crippen molar-refractivity contribution < 1.29 is 18.7 Å². The summed E-state index contributed by atoms with van der Waals surface area (Å²) < 4.78 is 27.3. The van der Waals surface area contributed by atoms with Crippen molar-refractivity contribution in [2.75, 3.05) is 13.1 Å². The van der Waals surface area contributed by atoms with Crippen LogP contribution in [-0.2, 0) is 4.74 Å². The van der Waals surface area contributed by atoms with Crippen molar-refractivity contribution in [3.05, 3.63) is 77.6 Å². The Morgan fingerprint density at radius 1 is 0.975 bits per heavy atom. The minimum absolute atomic E-state index is 0.0128. The molecule has 1 amide bonds. The molecule has 4 aromatic rings. The van der Waals surface area contributed by atoms with Gasteiger partial charge in [-0.1, -0.05) is 17.3 Å². The molecule has 40 heavy (non-hydrogen) atoms. The van der Waals surface area contributed by atoms with E-state index in [-0.39, 0.29) is 18.0 Å². The zero-order chi connectivity index (χ0) is 28.4. The van der Waals surface area contributed by atoms with Crippen LogP contribution in [0.3, 0.4) is 0 Å². The number of hydrogen-bond donors (Lipinski definition) is 0. The molecule has 1 aliphatic rings. The van der Waals surface area contributed by atoms with Gasteiger partial charge in [0.2, 0.25) is 5.88 Å². The molecule has 0 radical (unpaired) electrons. The second kappa shape index (κ2) is 11.1. The summed E-state index contributed by atoms with van der Waals surface area (Å²) in [4.78, 5) is 19.2. The highest BCUT2D eigenvalue weighted by atomic mass is 19.1. The highest BCUT2D eigenvalue weighted by molar-refractivity contribution is 5.76. The molecule has 1 fully saturated rings. The summed E-state index contributed by atoms with van der Waals surface area (Å²) in [6.45, 7) is 10.7. The summed E-state index contributed by atoms with van der Waals surface area (Å²) in [6.07, 6.45) is 1.05. The van der Waals surface area contributed by atoms with E-state index in [1.165, 1.54) is 12.1 Å². The van der Waals surface area contributed by atoms with Gasteiger partial charge in [0.05, 0.1) is 11.7 Å². The Balaban J connectivity index is 1.47. The van der Waals surface area contributed by atoms with E-state index in [0.29, 0.717) is 54.6 Å². The van der Waals surface area contributed by atoms with Gasteiger partial charge in [0, 0.05) is 24.7 Å². The fraction of sp³-hybridized carbons (Fsp3) is 0.355. The van der Waals surface area contributed by atoms with Crippen LogP contribution in [0.4, 0.5) is 9.18 Å². The molecule has 9 heteroatoms. The molecule has 208 valence electrons. The number of likely N-dealkylation sites (tertiary alicyclic amines) is 1. The summed E-state index contributed by atoms with van der Waals surface area (Å²) in [6, 6.07) is 17.8. The normalized spacial score (nSPS) is 14.3. The minimum Gasteiger partial charge on any atom is -0.444 e. The maximum atomic E-state index is 13.7. The Morgan fingerprint density at radius 2 is 1.65 bits per heavy atom. The fourth-order valence-corrected chi connectivity index (χ4v) is 4.93. The predicted molar refractivity (Wildman–Crippen MR) is 151 cm³/mol. The van der Waals surface area contributed by atoms with E-state index in [9.17, 15) is 9.18 Å². The smallest absolute Gasteiger partial charge is 0.410 e. The van der Waals surface area contributed by atoms with Gasteiger partial charge in [-0.15, -0.1) is 5.10 Å². The van der Waals surface area contributed by atoms with Crippen molar-refractivity contribution in [1.29, 1.82) is 0 Å². The number of carbonyl (C=O) groups excluding carboxylic acids is 1. The third-order valence-corrected chi connectivity index (χ3v) is 6.66. The number of halogens is 1. The van der Waals surface area contributed by atoms with Crippen LogP contribution < -0.4 is 4.74 Å². The minimum atomic E-state index is -0.549. The van der Waals surface area contributed by atoms with Gasteiger partial charge in [-0.3, -0.25) is 0 Å². The van der Waals surface area contributed by atoms with Gasteiger partial charge in [0.1, 0.15) is 28.6 Å². The molecule has 0 aliphatic carbocycles. The van der Waals surface area contributed by atoms with Crippen molar-refractivity contribution in [1.82, 2.24) is 24.9 Å². The van der Waals surface area contributed by atoms with Crippen LogP contribution in [0.1, 0.15) is 50.8 Å². The van der Waals surface area contributed by atoms with Gasteiger partial charge < -0.3 is 14.4 Å². The van der Waals surface area contributed by atoms with Crippen LogP contribution in [0.25, 0.3) is 22.6 Å². The number of hydrogen-bond acceptors (Lipinski definition) is 6. The molecule has 0 unspecified atom stereocenters. The van der Waals surface area contributed by atoms with Crippen molar-refractivity contribution in [2.45, 2.75) is 59.1 Å². The lowest BCUT2D eigenvalue weighted by molar-refractivity contribution is 0.0185. The number of amides is 1. The first-order valence-corrected chi connectivity index (χ1v) is 13.5. The fourth-order valence-electron chi connectivity index (χ4n) is 4.93. The molecule has 2 aromatic carbocycles. The number of carbonyl (C=O) groups is 1. The lowest BCUT2D eigenvalue weighted by Gasteiger charge is -2.33. The van der Waals surface area contributed by atoms with Gasteiger partial charge >= 0.3 is 6.09 Å². The van der Waals surface area contributed by atoms with Crippen LogP contribution in [0, 0.1) is 19.7 Å². The van der Waals surface area contributed by atoms with Crippen molar-refractivity contribution in [2.24, 2.45) is 0 Å². The zero-order valence-corrected chi connectivity index (χ0v) is 23.5. The first-order valence-electron chi connectivity index (χ1n) is 13.5. The molecule has 0 spiro atoms. The molecule has 1 saturated heterocycles. The topological polar surface area (TPSA) is 82.4 Å². The first-order chi connectivity index (χ1) is 19.1. The Kier molecular flexibility index (Phi) is 7.56. The summed E-state index contributed by atoms with van der Waals surface area (Å²) in [7, 11) is 0. The number of nitrogens with zero attached hydrogens (tertiary/aromatic N) is 5. The molecular weight excluding hydrogens is 509 g/mol. The van der Waals surface area contributed by atoms with Crippen molar-refractivity contribution in [3.63, 3.8) is 0 Å². The van der Waals surface area contributed by atoms with Crippen LogP contribution in [0.5, 0.6) is 11.6 Å². The average molecular weight is 544 g/mol. The molecule has 0 bridgehead atoms. The summed E-state index contributed by atoms with van der Waals surface area (Å²) in [5.41, 5.74) is 4.35. The van der Waals surface area contributed by atoms with Gasteiger partial charge in [-0.25, -0.2) is 18.9 Å². The Labute approximate surface area is 233 Å². The molecule has 0 atom stereocenters. The molecule has 2 aromatic heterocycles. The molecule has 8 nitrogen and oxygen atoms in total. The molecule has 3 heterocycles. The molecule has 1 aliphatic heterocycles. The summed E-state index contributed by atoms with van der Waals surface area (Å²) >= 11 is 0. The van der Waals surface area contributed by atoms with Gasteiger partial charge in [0.15, 0.2) is 0 Å². The van der Waals surface area contributed by atoms with Gasteiger partial charge in [-0.2, -0.15) is 0 Å². The third kappa shape index (κ3) is 6.30. The van der Waals surface area contributed by atoms with Crippen molar-refractivity contribution >= 4 is 6.09 Å². The zero-order valence-electron chi connectivity index (χ0n) is 23.5. The van der Waals surface area contributed by atoms with E-state index in [1.807, 2.05) is 69.6 Å². The largest absolute Gasteiger partial charge is 0.444 e. The molecule has 5 rings (SSSR count). The van der Waals surface area contributed by atoms with Crippen LogP contribution in [-0.4, -0.2) is 49.7 Å². The maximum Gasteiger partial charge on any atom is 0.410 e.